The molecular weight excluding hydrogens is 224 g/mol. The lowest BCUT2D eigenvalue weighted by Crippen LogP contribution is -2.39. The molecule has 0 amide bonds. The van der Waals surface area contributed by atoms with Crippen molar-refractivity contribution in [2.45, 2.75) is 32.9 Å². The lowest BCUT2D eigenvalue weighted by Gasteiger charge is -2.34. The fourth-order valence-electron chi connectivity index (χ4n) is 3.25. The van der Waals surface area contributed by atoms with Crippen LogP contribution in [0.5, 0.6) is 0 Å². The molecule has 2 fully saturated rings. The quantitative estimate of drug-likeness (QED) is 0.880. The molecule has 1 N–H and O–H groups in total. The van der Waals surface area contributed by atoms with Gasteiger partial charge < -0.3 is 5.32 Å². The Morgan fingerprint density at radius 3 is 3.00 bits per heavy atom. The first-order valence-corrected chi connectivity index (χ1v) is 7.18. The number of aromatic nitrogens is 2. The smallest absolute Gasteiger partial charge is 0.0534 e. The number of piperidine rings is 1. The fourth-order valence-corrected chi connectivity index (χ4v) is 3.25. The fraction of sp³-hybridized carbons (Fsp3) is 0.786. The molecule has 0 bridgehead atoms. The lowest BCUT2D eigenvalue weighted by atomic mass is 9.88. The molecule has 3 rings (SSSR count). The van der Waals surface area contributed by atoms with Crippen LogP contribution in [0.25, 0.3) is 0 Å². The summed E-state index contributed by atoms with van der Waals surface area (Å²) in [6.45, 7) is 10.4. The van der Waals surface area contributed by atoms with Crippen LogP contribution in [-0.4, -0.2) is 40.9 Å². The van der Waals surface area contributed by atoms with Gasteiger partial charge in [0.2, 0.25) is 0 Å². The Balaban J connectivity index is 1.59. The van der Waals surface area contributed by atoms with Gasteiger partial charge in [-0.3, -0.25) is 9.58 Å². The summed E-state index contributed by atoms with van der Waals surface area (Å²) in [6.07, 6.45) is 5.58. The molecular formula is C14H24N4. The predicted octanol–water partition coefficient (Wildman–Crippen LogP) is 1.51. The van der Waals surface area contributed by atoms with Gasteiger partial charge >= 0.3 is 0 Å². The van der Waals surface area contributed by atoms with E-state index in [1.54, 1.807) is 0 Å². The highest BCUT2D eigenvalue weighted by Gasteiger charge is 2.32. The zero-order valence-electron chi connectivity index (χ0n) is 11.5. The monoisotopic (exact) mass is 248 g/mol. The van der Waals surface area contributed by atoms with Crippen LogP contribution in [0.15, 0.2) is 12.4 Å². The van der Waals surface area contributed by atoms with Gasteiger partial charge in [0, 0.05) is 30.9 Å². The highest BCUT2D eigenvalue weighted by molar-refractivity contribution is 5.05. The molecule has 18 heavy (non-hydrogen) atoms. The average Bonchev–Trinajstić information content (AvgIpc) is 2.96. The molecule has 0 aromatic carbocycles. The molecule has 2 aliphatic heterocycles. The molecule has 4 nitrogen and oxygen atoms in total. The third-order valence-corrected chi connectivity index (χ3v) is 4.38. The highest BCUT2D eigenvalue weighted by atomic mass is 15.3. The summed E-state index contributed by atoms with van der Waals surface area (Å²) in [5, 5.41) is 7.95. The Kier molecular flexibility index (Phi) is 3.39. The first kappa shape index (κ1) is 12.2. The summed E-state index contributed by atoms with van der Waals surface area (Å²) in [5.74, 6) is 1.80. The van der Waals surface area contributed by atoms with Crippen molar-refractivity contribution in [2.75, 3.05) is 26.2 Å². The summed E-state index contributed by atoms with van der Waals surface area (Å²) in [5.41, 5.74) is 1.35. The molecule has 0 saturated carbocycles. The summed E-state index contributed by atoms with van der Waals surface area (Å²) in [7, 11) is 0. The van der Waals surface area contributed by atoms with E-state index in [1.807, 2.05) is 6.20 Å². The molecule has 2 aliphatic rings. The van der Waals surface area contributed by atoms with Crippen molar-refractivity contribution in [1.82, 2.24) is 20.0 Å². The van der Waals surface area contributed by atoms with Crippen LogP contribution in [0.1, 0.15) is 31.9 Å². The van der Waals surface area contributed by atoms with E-state index < -0.39 is 0 Å². The second-order valence-electron chi connectivity index (χ2n) is 6.12. The van der Waals surface area contributed by atoms with Gasteiger partial charge in [0.15, 0.2) is 0 Å². The topological polar surface area (TPSA) is 33.1 Å². The summed E-state index contributed by atoms with van der Waals surface area (Å²) < 4.78 is 2.05. The molecule has 0 spiro atoms. The maximum absolute atomic E-state index is 4.43. The third-order valence-electron chi connectivity index (χ3n) is 4.38. The zero-order valence-corrected chi connectivity index (χ0v) is 11.5. The molecule has 2 unspecified atom stereocenters. The Morgan fingerprint density at radius 1 is 1.39 bits per heavy atom. The Morgan fingerprint density at radius 2 is 2.22 bits per heavy atom. The van der Waals surface area contributed by atoms with Crippen molar-refractivity contribution in [3.05, 3.63) is 18.0 Å². The van der Waals surface area contributed by atoms with Crippen molar-refractivity contribution in [3.8, 4) is 0 Å². The average molecular weight is 248 g/mol. The molecule has 3 heterocycles. The van der Waals surface area contributed by atoms with E-state index in [4.69, 9.17) is 0 Å². The number of hydrogen-bond donors (Lipinski definition) is 1. The molecule has 0 radical (unpaired) electrons. The van der Waals surface area contributed by atoms with E-state index in [-0.39, 0.29) is 0 Å². The van der Waals surface area contributed by atoms with Gasteiger partial charge in [-0.05, 0) is 51.7 Å². The Bertz CT molecular complexity index is 398. The van der Waals surface area contributed by atoms with Gasteiger partial charge in [-0.25, -0.2) is 0 Å². The van der Waals surface area contributed by atoms with Gasteiger partial charge in [-0.15, -0.1) is 0 Å². The standard InChI is InChI=1S/C14H24N4/c1-11(2)18-9-12(5-16-18)8-17-4-3-13-6-15-7-14(13)10-17/h5,9,11,13-15H,3-4,6-8,10H2,1-2H3. The third kappa shape index (κ3) is 2.45. The number of nitrogens with one attached hydrogen (secondary N) is 1. The second-order valence-corrected chi connectivity index (χ2v) is 6.12. The first-order chi connectivity index (χ1) is 8.72. The minimum atomic E-state index is 0.462. The van der Waals surface area contributed by atoms with Crippen molar-refractivity contribution in [3.63, 3.8) is 0 Å². The van der Waals surface area contributed by atoms with Crippen molar-refractivity contribution < 1.29 is 0 Å². The van der Waals surface area contributed by atoms with E-state index in [9.17, 15) is 0 Å². The van der Waals surface area contributed by atoms with Crippen molar-refractivity contribution in [2.24, 2.45) is 11.8 Å². The predicted molar refractivity (Wildman–Crippen MR) is 72.4 cm³/mol. The van der Waals surface area contributed by atoms with Crippen molar-refractivity contribution in [1.29, 1.82) is 0 Å². The van der Waals surface area contributed by atoms with E-state index >= 15 is 0 Å². The molecule has 4 heteroatoms. The van der Waals surface area contributed by atoms with Crippen LogP contribution in [0.4, 0.5) is 0 Å². The first-order valence-electron chi connectivity index (χ1n) is 7.18. The van der Waals surface area contributed by atoms with Gasteiger partial charge in [-0.1, -0.05) is 0 Å². The number of nitrogens with zero attached hydrogens (tertiary/aromatic N) is 3. The summed E-state index contributed by atoms with van der Waals surface area (Å²) in [6, 6.07) is 0.462. The number of likely N-dealkylation sites (tertiary alicyclic amines) is 1. The maximum atomic E-state index is 4.43. The van der Waals surface area contributed by atoms with Crippen LogP contribution in [0.3, 0.4) is 0 Å². The van der Waals surface area contributed by atoms with Gasteiger partial charge in [0.05, 0.1) is 6.20 Å². The molecule has 2 saturated heterocycles. The molecule has 1 aromatic rings. The van der Waals surface area contributed by atoms with E-state index in [0.29, 0.717) is 6.04 Å². The highest BCUT2D eigenvalue weighted by Crippen LogP contribution is 2.27. The summed E-state index contributed by atoms with van der Waals surface area (Å²) >= 11 is 0. The van der Waals surface area contributed by atoms with Gasteiger partial charge in [0.1, 0.15) is 0 Å². The zero-order chi connectivity index (χ0) is 12.5. The number of rotatable bonds is 3. The molecule has 2 atom stereocenters. The van der Waals surface area contributed by atoms with Crippen LogP contribution >= 0.6 is 0 Å². The maximum Gasteiger partial charge on any atom is 0.0534 e. The molecule has 100 valence electrons. The lowest BCUT2D eigenvalue weighted by molar-refractivity contribution is 0.142. The van der Waals surface area contributed by atoms with Crippen LogP contribution in [-0.2, 0) is 6.54 Å². The van der Waals surface area contributed by atoms with E-state index in [1.165, 1.54) is 38.2 Å². The normalized spacial score (nSPS) is 28.8. The molecule has 1 aromatic heterocycles. The van der Waals surface area contributed by atoms with Crippen LogP contribution in [0, 0.1) is 11.8 Å². The number of hydrogen-bond acceptors (Lipinski definition) is 3. The van der Waals surface area contributed by atoms with Gasteiger partial charge in [-0.2, -0.15) is 5.10 Å². The minimum absolute atomic E-state index is 0.462. The Labute approximate surface area is 109 Å². The van der Waals surface area contributed by atoms with Crippen LogP contribution in [0.2, 0.25) is 0 Å². The molecule has 0 aliphatic carbocycles. The SMILES string of the molecule is CC(C)n1cc(CN2CCC3CNCC3C2)cn1. The second kappa shape index (κ2) is 5.02. The summed E-state index contributed by atoms with van der Waals surface area (Å²) in [4.78, 5) is 2.59. The van der Waals surface area contributed by atoms with Crippen molar-refractivity contribution >= 4 is 0 Å². The van der Waals surface area contributed by atoms with E-state index in [0.717, 1.165) is 18.4 Å². The number of fused-ring (bicyclic) bond motifs is 1. The minimum Gasteiger partial charge on any atom is -0.316 e. The Hall–Kier alpha value is -0.870. The largest absolute Gasteiger partial charge is 0.316 e. The van der Waals surface area contributed by atoms with E-state index in [2.05, 4.69) is 40.0 Å². The van der Waals surface area contributed by atoms with Gasteiger partial charge in [0.25, 0.3) is 0 Å². The van der Waals surface area contributed by atoms with Crippen LogP contribution < -0.4 is 5.32 Å².